The smallest absolute Gasteiger partial charge is 0.308 e. The number of carbonyl (C=O) groups is 1. The number of thiophene rings is 1. The zero-order valence-electron chi connectivity index (χ0n) is 19.4. The lowest BCUT2D eigenvalue weighted by molar-refractivity contribution is -0.146. The van der Waals surface area contributed by atoms with Gasteiger partial charge in [-0.25, -0.2) is 0 Å². The Morgan fingerprint density at radius 2 is 2.14 bits per heavy atom. The van der Waals surface area contributed by atoms with Gasteiger partial charge in [-0.1, -0.05) is 17.9 Å². The van der Waals surface area contributed by atoms with Crippen LogP contribution in [0, 0.1) is 23.7 Å². The van der Waals surface area contributed by atoms with Crippen LogP contribution in [0.2, 0.25) is 0 Å². The molecule has 0 saturated carbocycles. The van der Waals surface area contributed by atoms with Crippen LogP contribution in [-0.2, 0) is 4.79 Å². The number of aliphatic carboxylic acids is 1. The van der Waals surface area contributed by atoms with Crippen LogP contribution in [0.25, 0.3) is 10.9 Å². The van der Waals surface area contributed by atoms with E-state index in [1.165, 1.54) is 0 Å². The first-order chi connectivity index (χ1) is 16.0. The van der Waals surface area contributed by atoms with Crippen molar-refractivity contribution in [3.8, 4) is 17.6 Å². The van der Waals surface area contributed by atoms with E-state index in [9.17, 15) is 15.0 Å². The number of benzene rings is 1. The van der Waals surface area contributed by atoms with Crippen molar-refractivity contribution in [1.29, 1.82) is 0 Å². The molecule has 0 amide bonds. The lowest BCUT2D eigenvalue weighted by Gasteiger charge is -2.36. The fraction of sp³-hybridized carbons (Fsp3) is 0.385. The number of halogens is 2. The number of piperidine rings is 1. The molecule has 6 nitrogen and oxygen atoms in total. The topological polar surface area (TPSA) is 82.9 Å². The molecule has 3 heterocycles. The molecule has 1 fully saturated rings. The van der Waals surface area contributed by atoms with Crippen molar-refractivity contribution in [3.05, 3.63) is 58.4 Å². The number of ether oxygens (including phenoxy) is 1. The van der Waals surface area contributed by atoms with Gasteiger partial charge in [-0.2, -0.15) is 0 Å². The number of hydrogen-bond acceptors (Lipinski definition) is 6. The average molecular weight is 538 g/mol. The van der Waals surface area contributed by atoms with E-state index in [-0.39, 0.29) is 30.7 Å². The third-order valence-electron chi connectivity index (χ3n) is 6.35. The molecule has 1 saturated heterocycles. The summed E-state index contributed by atoms with van der Waals surface area (Å²) in [7, 11) is 1.61. The van der Waals surface area contributed by atoms with Gasteiger partial charge in [0, 0.05) is 18.1 Å². The van der Waals surface area contributed by atoms with Gasteiger partial charge in [-0.15, -0.1) is 36.2 Å². The van der Waals surface area contributed by atoms with Crippen LogP contribution in [0.5, 0.6) is 5.75 Å². The van der Waals surface area contributed by atoms with Crippen LogP contribution in [0.4, 0.5) is 0 Å². The normalized spacial score (nSPS) is 18.5. The predicted molar refractivity (Wildman–Crippen MR) is 144 cm³/mol. The molecule has 0 spiro atoms. The Morgan fingerprint density at radius 1 is 1.31 bits per heavy atom. The van der Waals surface area contributed by atoms with E-state index in [0.717, 1.165) is 34.3 Å². The summed E-state index contributed by atoms with van der Waals surface area (Å²) < 4.78 is 5.32. The lowest BCUT2D eigenvalue weighted by Crippen LogP contribution is -2.44. The molecule has 2 aromatic heterocycles. The Kier molecular flexibility index (Phi) is 11.3. The molecule has 0 unspecified atom stereocenters. The summed E-state index contributed by atoms with van der Waals surface area (Å²) in [6.07, 6.45) is 2.95. The van der Waals surface area contributed by atoms with Crippen molar-refractivity contribution >= 4 is 53.0 Å². The number of nitrogens with zero attached hydrogens (tertiary/aromatic N) is 2. The average Bonchev–Trinajstić information content (AvgIpc) is 3.35. The molecule has 4 rings (SSSR count). The van der Waals surface area contributed by atoms with Gasteiger partial charge in [0.2, 0.25) is 0 Å². The molecule has 188 valence electrons. The van der Waals surface area contributed by atoms with E-state index in [1.54, 1.807) is 24.6 Å². The Labute approximate surface area is 222 Å². The van der Waals surface area contributed by atoms with Gasteiger partial charge in [0.15, 0.2) is 0 Å². The Hall–Kier alpha value is -2.34. The Morgan fingerprint density at radius 3 is 2.86 bits per heavy atom. The van der Waals surface area contributed by atoms with E-state index >= 15 is 0 Å². The van der Waals surface area contributed by atoms with Gasteiger partial charge in [-0.05, 0) is 73.0 Å². The summed E-state index contributed by atoms with van der Waals surface area (Å²) in [5, 5.41) is 23.6. The summed E-state index contributed by atoms with van der Waals surface area (Å²) >= 11 is 1.60. The van der Waals surface area contributed by atoms with Crippen molar-refractivity contribution in [2.75, 3.05) is 26.7 Å². The highest BCUT2D eigenvalue weighted by Gasteiger charge is 2.34. The van der Waals surface area contributed by atoms with E-state index in [2.05, 4.69) is 21.7 Å². The number of hydrogen-bond donors (Lipinski definition) is 2. The van der Waals surface area contributed by atoms with Crippen molar-refractivity contribution in [2.45, 2.75) is 25.4 Å². The van der Waals surface area contributed by atoms with Crippen LogP contribution < -0.4 is 4.74 Å². The van der Waals surface area contributed by atoms with Crippen LogP contribution in [-0.4, -0.2) is 52.8 Å². The summed E-state index contributed by atoms with van der Waals surface area (Å²) in [6.45, 7) is 1.88. The fourth-order valence-electron chi connectivity index (χ4n) is 4.52. The summed E-state index contributed by atoms with van der Waals surface area (Å²) in [4.78, 5) is 19.5. The van der Waals surface area contributed by atoms with Gasteiger partial charge in [-0.3, -0.25) is 14.7 Å². The number of carboxylic acid groups (broad SMARTS) is 1. The highest BCUT2D eigenvalue weighted by Crippen LogP contribution is 2.33. The van der Waals surface area contributed by atoms with Crippen LogP contribution in [0.15, 0.2) is 48.0 Å². The third kappa shape index (κ3) is 7.33. The molecule has 3 aromatic rings. The number of carboxylic acids is 1. The minimum absolute atomic E-state index is 0. The van der Waals surface area contributed by atoms with E-state index < -0.39 is 18.0 Å². The monoisotopic (exact) mass is 536 g/mol. The second-order valence-electron chi connectivity index (χ2n) is 8.38. The molecule has 0 radical (unpaired) electrons. The molecular formula is C26H30Cl2N2O4S. The molecule has 35 heavy (non-hydrogen) atoms. The second-order valence-corrected chi connectivity index (χ2v) is 9.33. The first kappa shape index (κ1) is 28.9. The second kappa shape index (κ2) is 13.7. The minimum atomic E-state index is -0.774. The molecule has 0 bridgehead atoms. The molecule has 1 aliphatic rings. The molecule has 1 aromatic carbocycles. The highest BCUT2D eigenvalue weighted by molar-refractivity contribution is 7.10. The summed E-state index contributed by atoms with van der Waals surface area (Å²) in [6, 6.07) is 11.4. The fourth-order valence-corrected chi connectivity index (χ4v) is 5.11. The van der Waals surface area contributed by atoms with Gasteiger partial charge in [0.1, 0.15) is 5.75 Å². The highest BCUT2D eigenvalue weighted by atomic mass is 35.5. The van der Waals surface area contributed by atoms with E-state index in [0.29, 0.717) is 31.7 Å². The summed E-state index contributed by atoms with van der Waals surface area (Å²) in [5.74, 6) is 5.82. The number of aromatic nitrogens is 1. The molecule has 2 N–H and O–H groups in total. The first-order valence-corrected chi connectivity index (χ1v) is 12.0. The number of aliphatic hydroxyl groups excluding tert-OH is 1. The quantitative estimate of drug-likeness (QED) is 0.411. The van der Waals surface area contributed by atoms with Crippen molar-refractivity contribution < 1.29 is 19.7 Å². The standard InChI is InChI=1S/C26H28N2O4S.2ClH/c1-32-19-7-8-24-22(16-19)21(10-12-27-24)25(29)9-6-18-11-14-28(17-23(18)26(30)31)13-2-4-20-5-3-15-33-20;;/h3,5,7-8,10,12,15-16,18,23,25,29H,6,9,11,13-14,17H2,1H3,(H,30,31);2*1H/t18-,23+,25+;;/m1../s1. The van der Waals surface area contributed by atoms with Crippen molar-refractivity contribution in [2.24, 2.45) is 11.8 Å². The maximum atomic E-state index is 12.0. The van der Waals surface area contributed by atoms with Gasteiger partial charge < -0.3 is 14.9 Å². The van der Waals surface area contributed by atoms with Gasteiger partial charge in [0.05, 0.1) is 36.1 Å². The Balaban J connectivity index is 0.00000216. The van der Waals surface area contributed by atoms with E-state index in [1.807, 2.05) is 41.8 Å². The number of aliphatic hydroxyl groups is 1. The minimum Gasteiger partial charge on any atom is -0.497 e. The lowest BCUT2D eigenvalue weighted by atomic mass is 9.81. The molecule has 1 aliphatic heterocycles. The van der Waals surface area contributed by atoms with Crippen molar-refractivity contribution in [1.82, 2.24) is 9.88 Å². The van der Waals surface area contributed by atoms with Gasteiger partial charge >= 0.3 is 5.97 Å². The molecule has 0 aliphatic carbocycles. The third-order valence-corrected chi connectivity index (χ3v) is 7.13. The number of fused-ring (bicyclic) bond motifs is 1. The summed E-state index contributed by atoms with van der Waals surface area (Å²) in [5.41, 5.74) is 1.60. The number of pyridine rings is 1. The van der Waals surface area contributed by atoms with E-state index in [4.69, 9.17) is 4.74 Å². The zero-order valence-corrected chi connectivity index (χ0v) is 21.9. The number of methoxy groups -OCH3 is 1. The molecular weight excluding hydrogens is 507 g/mol. The largest absolute Gasteiger partial charge is 0.497 e. The van der Waals surface area contributed by atoms with Crippen LogP contribution in [0.1, 0.15) is 35.8 Å². The zero-order chi connectivity index (χ0) is 23.2. The van der Waals surface area contributed by atoms with Gasteiger partial charge in [0.25, 0.3) is 0 Å². The van der Waals surface area contributed by atoms with Crippen LogP contribution in [0.3, 0.4) is 0 Å². The predicted octanol–water partition coefficient (Wildman–Crippen LogP) is 5.04. The van der Waals surface area contributed by atoms with Crippen LogP contribution >= 0.6 is 36.2 Å². The number of rotatable bonds is 7. The number of likely N-dealkylation sites (tertiary alicyclic amines) is 1. The maximum Gasteiger partial charge on any atom is 0.308 e. The first-order valence-electron chi connectivity index (χ1n) is 11.1. The maximum absolute atomic E-state index is 12.0. The SMILES string of the molecule is COc1ccc2nccc([C@@H](O)CC[C@@H]3CCN(CC#Cc4cccs4)C[C@@H]3C(=O)O)c2c1.Cl.Cl. The molecule has 9 heteroatoms. The molecule has 3 atom stereocenters. The Bertz CT molecular complexity index is 1160. The van der Waals surface area contributed by atoms with Crippen molar-refractivity contribution in [3.63, 3.8) is 0 Å².